The molecule has 0 bridgehead atoms. The lowest BCUT2D eigenvalue weighted by atomic mass is 10.1. The molecule has 0 radical (unpaired) electrons. The van der Waals surface area contributed by atoms with Gasteiger partial charge in [0.2, 0.25) is 11.8 Å². The van der Waals surface area contributed by atoms with E-state index in [1.165, 1.54) is 23.1 Å². The van der Waals surface area contributed by atoms with E-state index < -0.39 is 40.2 Å². The highest BCUT2D eigenvalue weighted by Gasteiger charge is 2.33. The summed E-state index contributed by atoms with van der Waals surface area (Å²) in [6.45, 7) is 10.1. The van der Waals surface area contributed by atoms with E-state index in [-0.39, 0.29) is 23.0 Å². The molecule has 0 unspecified atom stereocenters. The molecule has 3 rings (SSSR count). The van der Waals surface area contributed by atoms with Crippen LogP contribution in [-0.4, -0.2) is 43.8 Å². The van der Waals surface area contributed by atoms with Gasteiger partial charge in [-0.2, -0.15) is 0 Å². The van der Waals surface area contributed by atoms with Crippen LogP contribution in [0.4, 0.5) is 10.1 Å². The van der Waals surface area contributed by atoms with Crippen LogP contribution in [-0.2, 0) is 26.2 Å². The van der Waals surface area contributed by atoms with Crippen LogP contribution < -0.4 is 9.62 Å². The maximum absolute atomic E-state index is 14.7. The lowest BCUT2D eigenvalue weighted by Gasteiger charge is -2.32. The Morgan fingerprint density at radius 3 is 2.08 bits per heavy atom. The average molecular weight is 568 g/mol. The molecule has 214 valence electrons. The molecule has 0 saturated heterocycles. The van der Waals surface area contributed by atoms with Gasteiger partial charge in [-0.25, -0.2) is 12.8 Å². The minimum atomic E-state index is -4.17. The van der Waals surface area contributed by atoms with Crippen molar-refractivity contribution >= 4 is 27.5 Å². The first-order valence-corrected chi connectivity index (χ1v) is 14.8. The number of nitrogens with zero attached hydrogens (tertiary/aromatic N) is 2. The summed E-state index contributed by atoms with van der Waals surface area (Å²) in [4.78, 5) is 28.3. The first kappa shape index (κ1) is 30.8. The zero-order valence-corrected chi connectivity index (χ0v) is 24.8. The quantitative estimate of drug-likeness (QED) is 0.342. The van der Waals surface area contributed by atoms with E-state index in [0.29, 0.717) is 12.1 Å². The summed E-state index contributed by atoms with van der Waals surface area (Å²) in [5, 5.41) is 2.87. The fourth-order valence-corrected chi connectivity index (χ4v) is 5.72. The Balaban J connectivity index is 2.07. The standard InChI is InChI=1S/C31H38FN3O4S/c1-7-24(5)33-31(37)25(6)34(19-26-10-8-9-11-29(26)32)30(36)20-35(27-17-22(3)16-23(4)18-27)40(38,39)28-14-12-21(2)13-15-28/h8-18,24-25H,7,19-20H2,1-6H3,(H,33,37)/t24-,25+/m1/s1. The molecule has 7 nitrogen and oxygen atoms in total. The highest BCUT2D eigenvalue weighted by atomic mass is 32.2. The summed E-state index contributed by atoms with van der Waals surface area (Å²) in [6.07, 6.45) is 0.689. The number of amides is 2. The van der Waals surface area contributed by atoms with E-state index >= 15 is 0 Å². The van der Waals surface area contributed by atoms with Crippen LogP contribution in [0, 0.1) is 26.6 Å². The number of halogens is 1. The van der Waals surface area contributed by atoms with Gasteiger partial charge in [0.15, 0.2) is 0 Å². The molecular weight excluding hydrogens is 529 g/mol. The van der Waals surface area contributed by atoms with Crippen LogP contribution in [0.5, 0.6) is 0 Å². The third-order valence-electron chi connectivity index (χ3n) is 6.85. The number of rotatable bonds is 11. The van der Waals surface area contributed by atoms with Crippen molar-refractivity contribution in [3.8, 4) is 0 Å². The van der Waals surface area contributed by atoms with Crippen LogP contribution >= 0.6 is 0 Å². The number of hydrogen-bond acceptors (Lipinski definition) is 4. The molecule has 3 aromatic carbocycles. The molecule has 3 aromatic rings. The lowest BCUT2D eigenvalue weighted by Crippen LogP contribution is -2.52. The van der Waals surface area contributed by atoms with Gasteiger partial charge in [0, 0.05) is 18.2 Å². The molecule has 0 saturated carbocycles. The molecule has 9 heteroatoms. The third kappa shape index (κ3) is 7.47. The van der Waals surface area contributed by atoms with Crippen molar-refractivity contribution in [2.45, 2.75) is 71.5 Å². The zero-order chi connectivity index (χ0) is 29.6. The Morgan fingerprint density at radius 2 is 1.50 bits per heavy atom. The monoisotopic (exact) mass is 567 g/mol. The predicted molar refractivity (Wildman–Crippen MR) is 156 cm³/mol. The average Bonchev–Trinajstić information content (AvgIpc) is 2.90. The number of nitrogens with one attached hydrogen (secondary N) is 1. The Hall–Kier alpha value is -3.72. The van der Waals surface area contributed by atoms with Crippen molar-refractivity contribution < 1.29 is 22.4 Å². The van der Waals surface area contributed by atoms with Gasteiger partial charge < -0.3 is 10.2 Å². The number of carbonyl (C=O) groups is 2. The highest BCUT2D eigenvalue weighted by molar-refractivity contribution is 7.92. The number of sulfonamides is 1. The number of benzene rings is 3. The van der Waals surface area contributed by atoms with Crippen molar-refractivity contribution in [1.29, 1.82) is 0 Å². The fraction of sp³-hybridized carbons (Fsp3) is 0.355. The summed E-state index contributed by atoms with van der Waals surface area (Å²) in [7, 11) is -4.17. The molecule has 0 aromatic heterocycles. The zero-order valence-electron chi connectivity index (χ0n) is 23.9. The van der Waals surface area contributed by atoms with Crippen LogP contribution in [0.15, 0.2) is 71.6 Å². The molecular formula is C31H38FN3O4S. The highest BCUT2D eigenvalue weighted by Crippen LogP contribution is 2.27. The SMILES string of the molecule is CC[C@@H](C)NC(=O)[C@H](C)N(Cc1ccccc1F)C(=O)CN(c1cc(C)cc(C)c1)S(=O)(=O)c1ccc(C)cc1. The maximum Gasteiger partial charge on any atom is 0.264 e. The van der Waals surface area contributed by atoms with E-state index in [9.17, 15) is 22.4 Å². The van der Waals surface area contributed by atoms with Gasteiger partial charge in [-0.15, -0.1) is 0 Å². The topological polar surface area (TPSA) is 86.8 Å². The molecule has 2 atom stereocenters. The summed E-state index contributed by atoms with van der Waals surface area (Å²) in [5.74, 6) is -1.56. The van der Waals surface area contributed by atoms with Crippen molar-refractivity contribution in [2.24, 2.45) is 0 Å². The summed E-state index contributed by atoms with van der Waals surface area (Å²) in [6, 6.07) is 16.6. The van der Waals surface area contributed by atoms with Crippen molar-refractivity contribution in [1.82, 2.24) is 10.2 Å². The molecule has 1 N–H and O–H groups in total. The first-order chi connectivity index (χ1) is 18.8. The van der Waals surface area contributed by atoms with Crippen LogP contribution in [0.3, 0.4) is 0 Å². The second kappa shape index (κ2) is 13.1. The molecule has 0 heterocycles. The van der Waals surface area contributed by atoms with Gasteiger partial charge >= 0.3 is 0 Å². The van der Waals surface area contributed by atoms with E-state index in [0.717, 1.165) is 21.0 Å². The smallest absolute Gasteiger partial charge is 0.264 e. The Labute approximate surface area is 237 Å². The lowest BCUT2D eigenvalue weighted by molar-refractivity contribution is -0.139. The van der Waals surface area contributed by atoms with Crippen molar-refractivity contribution in [2.75, 3.05) is 10.8 Å². The number of carbonyl (C=O) groups excluding carboxylic acids is 2. The second-order valence-electron chi connectivity index (χ2n) is 10.3. The molecule has 0 aliphatic rings. The first-order valence-electron chi connectivity index (χ1n) is 13.3. The Kier molecular flexibility index (Phi) is 10.1. The van der Waals surface area contributed by atoms with Gasteiger partial charge in [-0.1, -0.05) is 48.9 Å². The van der Waals surface area contributed by atoms with Crippen LogP contribution in [0.2, 0.25) is 0 Å². The summed E-state index contributed by atoms with van der Waals surface area (Å²) in [5.41, 5.74) is 3.10. The van der Waals surface area contributed by atoms with Crippen molar-refractivity contribution in [3.63, 3.8) is 0 Å². The van der Waals surface area contributed by atoms with E-state index in [4.69, 9.17) is 0 Å². The van der Waals surface area contributed by atoms with Crippen molar-refractivity contribution in [3.05, 3.63) is 94.8 Å². The predicted octanol–water partition coefficient (Wildman–Crippen LogP) is 5.28. The van der Waals surface area contributed by atoms with Crippen LogP contribution in [0.25, 0.3) is 0 Å². The van der Waals surface area contributed by atoms with Gasteiger partial charge in [-0.3, -0.25) is 13.9 Å². The Morgan fingerprint density at radius 1 is 0.900 bits per heavy atom. The minimum Gasteiger partial charge on any atom is -0.352 e. The summed E-state index contributed by atoms with van der Waals surface area (Å²) >= 11 is 0. The van der Waals surface area contributed by atoms with Crippen LogP contribution in [0.1, 0.15) is 49.4 Å². The third-order valence-corrected chi connectivity index (χ3v) is 8.64. The number of anilines is 1. The number of aryl methyl sites for hydroxylation is 3. The maximum atomic E-state index is 14.7. The molecule has 40 heavy (non-hydrogen) atoms. The largest absolute Gasteiger partial charge is 0.352 e. The van der Waals surface area contributed by atoms with E-state index in [1.807, 2.05) is 40.7 Å². The van der Waals surface area contributed by atoms with Gasteiger partial charge in [-0.05, 0) is 82.5 Å². The Bertz CT molecular complexity index is 1440. The second-order valence-corrected chi connectivity index (χ2v) is 12.1. The molecule has 0 aliphatic carbocycles. The van der Waals surface area contributed by atoms with Gasteiger partial charge in [0.25, 0.3) is 10.0 Å². The summed E-state index contributed by atoms with van der Waals surface area (Å²) < 4.78 is 43.6. The molecule has 0 aliphatic heterocycles. The van der Waals surface area contributed by atoms with Gasteiger partial charge in [0.05, 0.1) is 10.6 Å². The minimum absolute atomic E-state index is 0.0354. The molecule has 0 fully saturated rings. The molecule has 0 spiro atoms. The van der Waals surface area contributed by atoms with E-state index in [1.54, 1.807) is 49.4 Å². The normalized spacial score (nSPS) is 12.9. The molecule has 2 amide bonds. The van der Waals surface area contributed by atoms with E-state index in [2.05, 4.69) is 5.32 Å². The number of hydrogen-bond donors (Lipinski definition) is 1. The van der Waals surface area contributed by atoms with Gasteiger partial charge in [0.1, 0.15) is 18.4 Å². The fourth-order valence-electron chi connectivity index (χ4n) is 4.32.